The molecule has 1 aromatic carbocycles. The van der Waals surface area contributed by atoms with Gasteiger partial charge in [-0.2, -0.15) is 5.10 Å². The highest BCUT2D eigenvalue weighted by Gasteiger charge is 2.36. The van der Waals surface area contributed by atoms with E-state index in [4.69, 9.17) is 10.1 Å². The summed E-state index contributed by atoms with van der Waals surface area (Å²) in [4.78, 5) is 29.9. The summed E-state index contributed by atoms with van der Waals surface area (Å²) in [5.41, 5.74) is 3.33. The van der Waals surface area contributed by atoms with Gasteiger partial charge in [-0.05, 0) is 49.9 Å². The van der Waals surface area contributed by atoms with E-state index in [-0.39, 0.29) is 23.7 Å². The van der Waals surface area contributed by atoms with Gasteiger partial charge in [-0.3, -0.25) is 9.59 Å². The fourth-order valence-corrected chi connectivity index (χ4v) is 4.85. The number of nitrogens with one attached hydrogen (secondary N) is 1. The highest BCUT2D eigenvalue weighted by molar-refractivity contribution is 5.94. The lowest BCUT2D eigenvalue weighted by Crippen LogP contribution is -2.36. The van der Waals surface area contributed by atoms with Crippen LogP contribution in [0.1, 0.15) is 80.9 Å². The quantitative estimate of drug-likeness (QED) is 0.545. The molecule has 0 saturated heterocycles. The van der Waals surface area contributed by atoms with Crippen LogP contribution in [0.4, 0.5) is 0 Å². The number of amides is 1. The number of benzene rings is 1. The molecule has 5 rings (SSSR count). The third-order valence-corrected chi connectivity index (χ3v) is 7.35. The molecule has 2 fully saturated rings. The molecule has 1 amide bonds. The van der Waals surface area contributed by atoms with Gasteiger partial charge in [-0.15, -0.1) is 0 Å². The van der Waals surface area contributed by atoms with E-state index in [2.05, 4.69) is 5.32 Å². The van der Waals surface area contributed by atoms with E-state index in [1.54, 1.807) is 0 Å². The van der Waals surface area contributed by atoms with Crippen LogP contribution in [0, 0.1) is 11.8 Å². The van der Waals surface area contributed by atoms with E-state index in [0.29, 0.717) is 23.2 Å². The van der Waals surface area contributed by atoms with E-state index in [1.807, 2.05) is 60.8 Å². The van der Waals surface area contributed by atoms with E-state index >= 15 is 0 Å². The van der Waals surface area contributed by atoms with Gasteiger partial charge in [0.25, 0.3) is 5.91 Å². The Morgan fingerprint density at radius 2 is 1.70 bits per heavy atom. The van der Waals surface area contributed by atoms with E-state index in [0.717, 1.165) is 42.6 Å². The number of carbonyl (C=O) groups excluding carboxylic acids is 2. The predicted octanol–water partition coefficient (Wildman–Crippen LogP) is 5.18. The van der Waals surface area contributed by atoms with Crippen molar-refractivity contribution in [3.05, 3.63) is 53.9 Å². The van der Waals surface area contributed by atoms with Crippen LogP contribution in [0.5, 0.6) is 0 Å². The molecule has 6 heteroatoms. The number of hydrogen-bond acceptors (Lipinski definition) is 4. The molecule has 172 valence electrons. The molecule has 1 N–H and O–H groups in total. The van der Waals surface area contributed by atoms with Gasteiger partial charge in [0.1, 0.15) is 5.78 Å². The normalized spacial score (nSPS) is 18.7. The highest BCUT2D eigenvalue weighted by atomic mass is 16.1. The predicted molar refractivity (Wildman–Crippen MR) is 128 cm³/mol. The lowest BCUT2D eigenvalue weighted by molar-refractivity contribution is -0.124. The standard InChI is InChI=1S/C27H32N4O2/c1-17(25(32)20-13-14-20)18(2)26-29-24-10-6-9-23(31(24)30-26)19-11-15-21(16-12-19)27(33)28-22-7-4-3-5-8-22/h6,9-12,15-18,20,22H,3-5,7-8,13-14H2,1-2H3,(H,28,33). The monoisotopic (exact) mass is 444 g/mol. The molecular weight excluding hydrogens is 412 g/mol. The third-order valence-electron chi connectivity index (χ3n) is 7.35. The Balaban J connectivity index is 1.36. The van der Waals surface area contributed by atoms with Gasteiger partial charge in [0, 0.05) is 34.9 Å². The number of pyridine rings is 1. The molecule has 0 radical (unpaired) electrons. The summed E-state index contributed by atoms with van der Waals surface area (Å²) in [5, 5.41) is 7.96. The van der Waals surface area contributed by atoms with Crippen LogP contribution < -0.4 is 5.32 Å². The van der Waals surface area contributed by atoms with Crippen molar-refractivity contribution < 1.29 is 9.59 Å². The minimum absolute atomic E-state index is 0.00200. The zero-order chi connectivity index (χ0) is 22.9. The molecule has 2 aromatic heterocycles. The highest BCUT2D eigenvalue weighted by Crippen LogP contribution is 2.36. The van der Waals surface area contributed by atoms with Gasteiger partial charge >= 0.3 is 0 Å². The minimum atomic E-state index is -0.0830. The number of aromatic nitrogens is 3. The molecule has 2 heterocycles. The van der Waals surface area contributed by atoms with Crippen molar-refractivity contribution >= 4 is 17.3 Å². The lowest BCUT2D eigenvalue weighted by Gasteiger charge is -2.22. The second-order valence-electron chi connectivity index (χ2n) is 9.79. The summed E-state index contributed by atoms with van der Waals surface area (Å²) in [5.74, 6) is 1.16. The van der Waals surface area contributed by atoms with Crippen molar-refractivity contribution in [3.63, 3.8) is 0 Å². The number of fused-ring (bicyclic) bond motifs is 1. The van der Waals surface area contributed by atoms with E-state index in [9.17, 15) is 9.59 Å². The topological polar surface area (TPSA) is 76.4 Å². The van der Waals surface area contributed by atoms with Gasteiger partial charge in [-0.1, -0.05) is 51.3 Å². The van der Waals surface area contributed by atoms with Gasteiger partial charge in [0.2, 0.25) is 0 Å². The average molecular weight is 445 g/mol. The number of rotatable bonds is 7. The first kappa shape index (κ1) is 21.8. The Labute approximate surface area is 194 Å². The van der Waals surface area contributed by atoms with Gasteiger partial charge in [0.05, 0.1) is 5.69 Å². The molecule has 2 unspecified atom stereocenters. The molecule has 0 bridgehead atoms. The van der Waals surface area contributed by atoms with Crippen molar-refractivity contribution in [2.75, 3.05) is 0 Å². The maximum atomic E-state index is 12.7. The van der Waals surface area contributed by atoms with Gasteiger partial charge in [0.15, 0.2) is 11.5 Å². The van der Waals surface area contributed by atoms with Gasteiger partial charge in [-0.25, -0.2) is 9.50 Å². The molecule has 33 heavy (non-hydrogen) atoms. The maximum Gasteiger partial charge on any atom is 0.251 e. The zero-order valence-electron chi connectivity index (χ0n) is 19.5. The zero-order valence-corrected chi connectivity index (χ0v) is 19.5. The fourth-order valence-electron chi connectivity index (χ4n) is 4.85. The van der Waals surface area contributed by atoms with Gasteiger partial charge < -0.3 is 5.32 Å². The Hall–Kier alpha value is -3.02. The maximum absolute atomic E-state index is 12.7. The number of Topliss-reactive ketones (excluding diaryl/α,β-unsaturated/α-hetero) is 1. The van der Waals surface area contributed by atoms with Crippen LogP contribution in [0.15, 0.2) is 42.5 Å². The van der Waals surface area contributed by atoms with Crippen LogP contribution >= 0.6 is 0 Å². The summed E-state index contributed by atoms with van der Waals surface area (Å²) >= 11 is 0. The Bertz CT molecular complexity index is 1160. The van der Waals surface area contributed by atoms with Crippen LogP contribution in [0.3, 0.4) is 0 Å². The van der Waals surface area contributed by atoms with Crippen molar-refractivity contribution in [2.45, 2.75) is 70.8 Å². The first-order valence-corrected chi connectivity index (χ1v) is 12.3. The summed E-state index contributed by atoms with van der Waals surface area (Å²) in [6.07, 6.45) is 7.85. The van der Waals surface area contributed by atoms with E-state index < -0.39 is 0 Å². The molecule has 3 aromatic rings. The Morgan fingerprint density at radius 3 is 2.39 bits per heavy atom. The molecule has 0 spiro atoms. The summed E-state index contributed by atoms with van der Waals surface area (Å²) in [6, 6.07) is 13.9. The smallest absolute Gasteiger partial charge is 0.251 e. The van der Waals surface area contributed by atoms with Crippen molar-refractivity contribution in [2.24, 2.45) is 11.8 Å². The molecule has 0 aliphatic heterocycles. The fraction of sp³-hybridized carbons (Fsp3) is 0.481. The molecular formula is C27H32N4O2. The average Bonchev–Trinajstić information content (AvgIpc) is 3.61. The molecule has 2 aliphatic carbocycles. The first-order valence-electron chi connectivity index (χ1n) is 12.3. The van der Waals surface area contributed by atoms with E-state index in [1.165, 1.54) is 19.3 Å². The van der Waals surface area contributed by atoms with Crippen molar-refractivity contribution in [3.8, 4) is 11.3 Å². The molecule has 2 atom stereocenters. The summed E-state index contributed by atoms with van der Waals surface area (Å²) in [7, 11) is 0. The first-order chi connectivity index (χ1) is 16.0. The second kappa shape index (κ2) is 9.08. The second-order valence-corrected chi connectivity index (χ2v) is 9.79. The molecule has 2 aliphatic rings. The SMILES string of the molecule is CC(C(=O)C1CC1)C(C)c1nc2cccc(-c3ccc(C(=O)NC4CCCCC4)cc3)n2n1. The van der Waals surface area contributed by atoms with Crippen molar-refractivity contribution in [1.82, 2.24) is 19.9 Å². The summed E-state index contributed by atoms with van der Waals surface area (Å²) in [6.45, 7) is 4.04. The third kappa shape index (κ3) is 4.56. The number of hydrogen-bond donors (Lipinski definition) is 1. The minimum Gasteiger partial charge on any atom is -0.349 e. The van der Waals surface area contributed by atoms with Crippen molar-refractivity contribution in [1.29, 1.82) is 0 Å². The number of carbonyl (C=O) groups is 2. The van der Waals surface area contributed by atoms with Crippen LogP contribution in [0.25, 0.3) is 16.9 Å². The van der Waals surface area contributed by atoms with Crippen LogP contribution in [-0.2, 0) is 4.79 Å². The Morgan fingerprint density at radius 1 is 0.970 bits per heavy atom. The summed E-state index contributed by atoms with van der Waals surface area (Å²) < 4.78 is 1.84. The van der Waals surface area contributed by atoms with Crippen LogP contribution in [-0.4, -0.2) is 32.3 Å². The molecule has 6 nitrogen and oxygen atoms in total. The number of ketones is 1. The largest absolute Gasteiger partial charge is 0.349 e. The number of nitrogens with zero attached hydrogens (tertiary/aromatic N) is 3. The lowest BCUT2D eigenvalue weighted by atomic mass is 9.89. The Kier molecular flexibility index (Phi) is 6.00. The van der Waals surface area contributed by atoms with Crippen LogP contribution in [0.2, 0.25) is 0 Å². The molecule has 2 saturated carbocycles.